The average Bonchev–Trinajstić information content (AvgIpc) is 3.01. The number of hydrogen-bond acceptors (Lipinski definition) is 2. The Morgan fingerprint density at radius 3 is 2.05 bits per heavy atom. The minimum Gasteiger partial charge on any atom is -0.352 e. The number of allylic oxidation sites excluding steroid dienone is 2. The largest absolute Gasteiger partial charge is 0.352 e. The van der Waals surface area contributed by atoms with Crippen molar-refractivity contribution < 1.29 is 22.6 Å². The molecule has 1 saturated heterocycles. The Labute approximate surface area is 250 Å². The van der Waals surface area contributed by atoms with E-state index < -0.39 is 11.6 Å². The lowest BCUT2D eigenvalue weighted by atomic mass is 9.94. The molecule has 0 bridgehead atoms. The number of halogens is 3. The van der Waals surface area contributed by atoms with Crippen LogP contribution in [0.2, 0.25) is 0 Å². The fourth-order valence-corrected chi connectivity index (χ4v) is 5.50. The van der Waals surface area contributed by atoms with Gasteiger partial charge in [0.1, 0.15) is 5.82 Å². The van der Waals surface area contributed by atoms with Crippen molar-refractivity contribution in [2.75, 3.05) is 13.2 Å². The molecule has 0 amide bonds. The molecule has 1 aliphatic heterocycles. The molecule has 0 saturated carbocycles. The molecule has 0 atom stereocenters. The molecular formula is C37H45F3O2. The molecular weight excluding hydrogens is 533 g/mol. The summed E-state index contributed by atoms with van der Waals surface area (Å²) in [6.45, 7) is 5.20. The van der Waals surface area contributed by atoms with Gasteiger partial charge in [0, 0.05) is 11.5 Å². The number of hydrogen-bond donors (Lipinski definition) is 0. The summed E-state index contributed by atoms with van der Waals surface area (Å²) in [6, 6.07) is 15.6. The molecule has 1 aliphatic rings. The van der Waals surface area contributed by atoms with E-state index in [1.165, 1.54) is 44.6 Å². The van der Waals surface area contributed by atoms with Crippen LogP contribution < -0.4 is 0 Å². The van der Waals surface area contributed by atoms with Crippen LogP contribution in [0.3, 0.4) is 0 Å². The Balaban J connectivity index is 1.32. The molecule has 0 spiro atoms. The molecule has 0 radical (unpaired) electrons. The number of unbranched alkanes of at least 4 members (excludes halogenated alkanes) is 7. The summed E-state index contributed by atoms with van der Waals surface area (Å²) < 4.78 is 56.7. The topological polar surface area (TPSA) is 18.5 Å². The third-order valence-corrected chi connectivity index (χ3v) is 8.10. The lowest BCUT2D eigenvalue weighted by Crippen LogP contribution is -2.31. The van der Waals surface area contributed by atoms with Crippen molar-refractivity contribution in [1.82, 2.24) is 0 Å². The summed E-state index contributed by atoms with van der Waals surface area (Å²) in [5.41, 5.74) is 3.24. The van der Waals surface area contributed by atoms with Gasteiger partial charge in [-0.05, 0) is 59.6 Å². The van der Waals surface area contributed by atoms with Gasteiger partial charge in [-0.2, -0.15) is 0 Å². The summed E-state index contributed by atoms with van der Waals surface area (Å²) in [4.78, 5) is 0. The molecule has 3 aromatic rings. The van der Waals surface area contributed by atoms with Gasteiger partial charge in [0.25, 0.3) is 0 Å². The van der Waals surface area contributed by atoms with Gasteiger partial charge in [0.05, 0.1) is 13.2 Å². The zero-order chi connectivity index (χ0) is 29.7. The SMILES string of the molecule is CCCC=CCc1ccc(-c2ccc(-c3ccc(C4COC(CCCCCCCCC)OC4)c(F)c3)cc2)c(F)c1F. The molecule has 1 fully saturated rings. The van der Waals surface area contributed by atoms with Crippen molar-refractivity contribution >= 4 is 0 Å². The minimum absolute atomic E-state index is 0.144. The van der Waals surface area contributed by atoms with Crippen LogP contribution in [-0.2, 0) is 15.9 Å². The Kier molecular flexibility index (Phi) is 12.7. The monoisotopic (exact) mass is 578 g/mol. The second-order valence-corrected chi connectivity index (χ2v) is 11.4. The predicted octanol–water partition coefficient (Wildman–Crippen LogP) is 10.9. The maximum absolute atomic E-state index is 15.2. The van der Waals surface area contributed by atoms with E-state index in [0.717, 1.165) is 36.8 Å². The van der Waals surface area contributed by atoms with E-state index in [2.05, 4.69) is 13.8 Å². The summed E-state index contributed by atoms with van der Waals surface area (Å²) in [6.07, 6.45) is 15.6. The quantitative estimate of drug-likeness (QED) is 0.132. The normalized spacial score (nSPS) is 17.3. The summed E-state index contributed by atoms with van der Waals surface area (Å²) in [5.74, 6) is -2.10. The van der Waals surface area contributed by atoms with Crippen molar-refractivity contribution in [1.29, 1.82) is 0 Å². The summed E-state index contributed by atoms with van der Waals surface area (Å²) >= 11 is 0. The zero-order valence-corrected chi connectivity index (χ0v) is 25.1. The van der Waals surface area contributed by atoms with Gasteiger partial charge in [-0.3, -0.25) is 0 Å². The van der Waals surface area contributed by atoms with Gasteiger partial charge in [-0.15, -0.1) is 0 Å². The first-order valence-corrected chi connectivity index (χ1v) is 15.8. The van der Waals surface area contributed by atoms with E-state index >= 15 is 4.39 Å². The molecule has 0 aromatic heterocycles. The third kappa shape index (κ3) is 8.81. The van der Waals surface area contributed by atoms with Gasteiger partial charge >= 0.3 is 0 Å². The highest BCUT2D eigenvalue weighted by atomic mass is 19.2. The van der Waals surface area contributed by atoms with E-state index in [1.54, 1.807) is 30.3 Å². The number of ether oxygens (including phenoxy) is 2. The fourth-order valence-electron chi connectivity index (χ4n) is 5.50. The first-order valence-electron chi connectivity index (χ1n) is 15.8. The van der Waals surface area contributed by atoms with Crippen molar-refractivity contribution in [3.63, 3.8) is 0 Å². The van der Waals surface area contributed by atoms with Gasteiger partial charge in [-0.1, -0.05) is 119 Å². The highest BCUT2D eigenvalue weighted by Crippen LogP contribution is 2.32. The van der Waals surface area contributed by atoms with Crippen molar-refractivity contribution in [2.24, 2.45) is 0 Å². The van der Waals surface area contributed by atoms with Crippen molar-refractivity contribution in [2.45, 2.75) is 96.7 Å². The van der Waals surface area contributed by atoms with Crippen LogP contribution in [0, 0.1) is 17.5 Å². The van der Waals surface area contributed by atoms with Crippen molar-refractivity contribution in [3.8, 4) is 22.3 Å². The molecule has 4 rings (SSSR count). The zero-order valence-electron chi connectivity index (χ0n) is 25.1. The van der Waals surface area contributed by atoms with Gasteiger partial charge < -0.3 is 9.47 Å². The van der Waals surface area contributed by atoms with Crippen LogP contribution in [0.5, 0.6) is 0 Å². The Morgan fingerprint density at radius 2 is 1.36 bits per heavy atom. The van der Waals surface area contributed by atoms with Crippen LogP contribution in [0.25, 0.3) is 22.3 Å². The van der Waals surface area contributed by atoms with Crippen LogP contribution in [0.1, 0.15) is 95.1 Å². The first-order chi connectivity index (χ1) is 20.5. The van der Waals surface area contributed by atoms with Gasteiger partial charge in [0.2, 0.25) is 0 Å². The van der Waals surface area contributed by atoms with Crippen molar-refractivity contribution in [3.05, 3.63) is 95.3 Å². The van der Waals surface area contributed by atoms with E-state index in [9.17, 15) is 8.78 Å². The van der Waals surface area contributed by atoms with Crippen LogP contribution in [0.4, 0.5) is 13.2 Å². The third-order valence-electron chi connectivity index (χ3n) is 8.10. The molecule has 42 heavy (non-hydrogen) atoms. The molecule has 0 N–H and O–H groups in total. The maximum atomic E-state index is 15.2. The smallest absolute Gasteiger partial charge is 0.166 e. The minimum atomic E-state index is -0.846. The Morgan fingerprint density at radius 1 is 0.690 bits per heavy atom. The molecule has 5 heteroatoms. The molecule has 1 heterocycles. The number of benzene rings is 3. The highest BCUT2D eigenvalue weighted by molar-refractivity contribution is 5.71. The summed E-state index contributed by atoms with van der Waals surface area (Å²) in [5, 5.41) is 0. The van der Waals surface area contributed by atoms with Crippen LogP contribution >= 0.6 is 0 Å². The number of rotatable bonds is 15. The molecule has 0 unspecified atom stereocenters. The predicted molar refractivity (Wildman–Crippen MR) is 166 cm³/mol. The second-order valence-electron chi connectivity index (χ2n) is 11.4. The Bertz CT molecular complexity index is 1280. The highest BCUT2D eigenvalue weighted by Gasteiger charge is 2.25. The molecule has 0 aliphatic carbocycles. The summed E-state index contributed by atoms with van der Waals surface area (Å²) in [7, 11) is 0. The maximum Gasteiger partial charge on any atom is 0.166 e. The van der Waals surface area contributed by atoms with Gasteiger partial charge in [0.15, 0.2) is 17.9 Å². The lowest BCUT2D eigenvalue weighted by Gasteiger charge is -2.30. The van der Waals surface area contributed by atoms with Crippen LogP contribution in [-0.4, -0.2) is 19.5 Å². The van der Waals surface area contributed by atoms with E-state index in [0.29, 0.717) is 36.3 Å². The Hall–Kier alpha value is -2.89. The fraction of sp³-hybridized carbons (Fsp3) is 0.459. The van der Waals surface area contributed by atoms with Crippen LogP contribution in [0.15, 0.2) is 66.7 Å². The van der Waals surface area contributed by atoms with Gasteiger partial charge in [-0.25, -0.2) is 13.2 Å². The second kappa shape index (κ2) is 16.7. The first kappa shape index (κ1) is 32.0. The van der Waals surface area contributed by atoms with E-state index in [1.807, 2.05) is 30.4 Å². The standard InChI is InChI=1S/C37H45F3O2/c1-3-5-7-9-10-11-13-15-35-41-25-31(26-42-35)32-22-21-30(24-34(32)38)27-16-18-28(19-17-27)33-23-20-29(36(39)37(33)40)14-12-8-6-4-2/h8,12,16-24,31,35H,3-7,9-11,13-15,25-26H2,1-2H3. The molecule has 226 valence electrons. The van der Waals surface area contributed by atoms with E-state index in [4.69, 9.17) is 9.47 Å². The van der Waals surface area contributed by atoms with E-state index in [-0.39, 0.29) is 23.6 Å². The average molecular weight is 579 g/mol. The lowest BCUT2D eigenvalue weighted by molar-refractivity contribution is -0.190. The molecule has 2 nitrogen and oxygen atoms in total. The molecule has 3 aromatic carbocycles.